The fourth-order valence-electron chi connectivity index (χ4n) is 1.47. The molecule has 1 aromatic rings. The van der Waals surface area contributed by atoms with E-state index < -0.39 is 0 Å². The highest BCUT2D eigenvalue weighted by molar-refractivity contribution is 9.09. The molecule has 0 atom stereocenters. The van der Waals surface area contributed by atoms with Gasteiger partial charge >= 0.3 is 0 Å². The standard InChI is InChI=1S/C12H20BrN3/c1-4-5-7-16(8-6-13)12-9-14-10(2)11(3)15-12/h9H,4-8H2,1-3H3. The van der Waals surface area contributed by atoms with E-state index in [4.69, 9.17) is 0 Å². The fraction of sp³-hybridized carbons (Fsp3) is 0.667. The van der Waals surface area contributed by atoms with Crippen molar-refractivity contribution in [3.05, 3.63) is 17.6 Å². The van der Waals surface area contributed by atoms with Crippen molar-refractivity contribution >= 4 is 21.7 Å². The van der Waals surface area contributed by atoms with Gasteiger partial charge < -0.3 is 4.90 Å². The second-order valence-electron chi connectivity index (χ2n) is 3.93. The van der Waals surface area contributed by atoms with Gasteiger partial charge in [0, 0.05) is 18.4 Å². The van der Waals surface area contributed by atoms with Gasteiger partial charge in [-0.15, -0.1) is 0 Å². The van der Waals surface area contributed by atoms with E-state index in [0.717, 1.165) is 35.6 Å². The Kier molecular flexibility index (Phi) is 5.74. The Labute approximate surface area is 106 Å². The maximum Gasteiger partial charge on any atom is 0.147 e. The Balaban J connectivity index is 2.78. The summed E-state index contributed by atoms with van der Waals surface area (Å²) in [5.41, 5.74) is 2.03. The van der Waals surface area contributed by atoms with Crippen LogP contribution in [0.2, 0.25) is 0 Å². The first kappa shape index (κ1) is 13.4. The second kappa shape index (κ2) is 6.84. The molecule has 0 aliphatic rings. The van der Waals surface area contributed by atoms with Gasteiger partial charge in [0.2, 0.25) is 0 Å². The van der Waals surface area contributed by atoms with Gasteiger partial charge in [-0.25, -0.2) is 4.98 Å². The van der Waals surface area contributed by atoms with Crippen molar-refractivity contribution in [3.63, 3.8) is 0 Å². The van der Waals surface area contributed by atoms with Crippen LogP contribution in [0.5, 0.6) is 0 Å². The zero-order valence-electron chi connectivity index (χ0n) is 10.3. The number of alkyl halides is 1. The van der Waals surface area contributed by atoms with Crippen LogP contribution in [0, 0.1) is 13.8 Å². The van der Waals surface area contributed by atoms with Crippen LogP contribution in [0.1, 0.15) is 31.2 Å². The van der Waals surface area contributed by atoms with Crippen LogP contribution >= 0.6 is 15.9 Å². The van der Waals surface area contributed by atoms with Crippen LogP contribution < -0.4 is 4.90 Å². The molecule has 0 saturated heterocycles. The Morgan fingerprint density at radius 2 is 2.00 bits per heavy atom. The number of halogens is 1. The van der Waals surface area contributed by atoms with Crippen LogP contribution in [0.4, 0.5) is 5.82 Å². The maximum atomic E-state index is 4.59. The van der Waals surface area contributed by atoms with E-state index in [9.17, 15) is 0 Å². The van der Waals surface area contributed by atoms with Gasteiger partial charge in [0.25, 0.3) is 0 Å². The van der Waals surface area contributed by atoms with Gasteiger partial charge in [-0.3, -0.25) is 4.98 Å². The quantitative estimate of drug-likeness (QED) is 0.752. The maximum absolute atomic E-state index is 4.59. The molecule has 0 aliphatic carbocycles. The molecule has 16 heavy (non-hydrogen) atoms. The molecule has 90 valence electrons. The van der Waals surface area contributed by atoms with Crippen molar-refractivity contribution in [2.75, 3.05) is 23.3 Å². The first-order valence-electron chi connectivity index (χ1n) is 5.80. The predicted octanol–water partition coefficient (Wildman–Crippen LogP) is 3.09. The zero-order valence-corrected chi connectivity index (χ0v) is 11.9. The topological polar surface area (TPSA) is 29.0 Å². The Morgan fingerprint density at radius 1 is 1.25 bits per heavy atom. The number of hydrogen-bond donors (Lipinski definition) is 0. The molecule has 0 fully saturated rings. The van der Waals surface area contributed by atoms with Gasteiger partial charge in [0.1, 0.15) is 5.82 Å². The van der Waals surface area contributed by atoms with Crippen molar-refractivity contribution in [2.24, 2.45) is 0 Å². The zero-order chi connectivity index (χ0) is 12.0. The average Bonchev–Trinajstić information content (AvgIpc) is 2.28. The van der Waals surface area contributed by atoms with Crippen molar-refractivity contribution in [3.8, 4) is 0 Å². The minimum absolute atomic E-state index is 0.964. The third-order valence-electron chi connectivity index (χ3n) is 2.64. The van der Waals surface area contributed by atoms with Crippen LogP contribution in [-0.4, -0.2) is 28.4 Å². The van der Waals surface area contributed by atoms with Crippen LogP contribution in [0.25, 0.3) is 0 Å². The molecule has 1 heterocycles. The van der Waals surface area contributed by atoms with E-state index >= 15 is 0 Å². The first-order chi connectivity index (χ1) is 7.69. The van der Waals surface area contributed by atoms with Crippen LogP contribution in [0.3, 0.4) is 0 Å². The predicted molar refractivity (Wildman–Crippen MR) is 72.4 cm³/mol. The lowest BCUT2D eigenvalue weighted by Crippen LogP contribution is -2.27. The van der Waals surface area contributed by atoms with Crippen molar-refractivity contribution in [2.45, 2.75) is 33.6 Å². The number of aryl methyl sites for hydroxylation is 2. The van der Waals surface area contributed by atoms with E-state index in [2.05, 4.69) is 37.7 Å². The van der Waals surface area contributed by atoms with E-state index in [1.165, 1.54) is 12.8 Å². The normalized spacial score (nSPS) is 10.5. The highest BCUT2D eigenvalue weighted by atomic mass is 79.9. The first-order valence-corrected chi connectivity index (χ1v) is 6.92. The highest BCUT2D eigenvalue weighted by Gasteiger charge is 2.08. The minimum Gasteiger partial charge on any atom is -0.354 e. The number of unbranched alkanes of at least 4 members (excludes halogenated alkanes) is 1. The molecule has 0 aliphatic heterocycles. The molecule has 0 bridgehead atoms. The molecule has 0 aromatic carbocycles. The molecule has 0 radical (unpaired) electrons. The summed E-state index contributed by atoms with van der Waals surface area (Å²) in [5, 5.41) is 0.964. The SMILES string of the molecule is CCCCN(CCBr)c1cnc(C)c(C)n1. The van der Waals surface area contributed by atoms with Gasteiger partial charge in [-0.2, -0.15) is 0 Å². The minimum atomic E-state index is 0.964. The van der Waals surface area contributed by atoms with E-state index in [1.807, 2.05) is 20.0 Å². The molecule has 0 spiro atoms. The van der Waals surface area contributed by atoms with Gasteiger partial charge in [0.05, 0.1) is 17.6 Å². The summed E-state index contributed by atoms with van der Waals surface area (Å²) in [5.74, 6) is 0.996. The summed E-state index contributed by atoms with van der Waals surface area (Å²) in [6, 6.07) is 0. The molecule has 0 N–H and O–H groups in total. The Bertz CT molecular complexity index is 328. The smallest absolute Gasteiger partial charge is 0.147 e. The summed E-state index contributed by atoms with van der Waals surface area (Å²) in [4.78, 5) is 11.2. The largest absolute Gasteiger partial charge is 0.354 e. The Morgan fingerprint density at radius 3 is 2.56 bits per heavy atom. The molecule has 4 heteroatoms. The second-order valence-corrected chi connectivity index (χ2v) is 4.72. The summed E-state index contributed by atoms with van der Waals surface area (Å²) >= 11 is 3.48. The number of aromatic nitrogens is 2. The monoisotopic (exact) mass is 285 g/mol. The lowest BCUT2D eigenvalue weighted by atomic mass is 10.3. The molecule has 1 aromatic heterocycles. The molecular formula is C12H20BrN3. The van der Waals surface area contributed by atoms with E-state index in [-0.39, 0.29) is 0 Å². The molecule has 0 amide bonds. The summed E-state index contributed by atoms with van der Waals surface area (Å²) in [6.45, 7) is 8.25. The van der Waals surface area contributed by atoms with Gasteiger partial charge in [-0.05, 0) is 20.3 Å². The molecular weight excluding hydrogens is 266 g/mol. The number of nitrogens with zero attached hydrogens (tertiary/aromatic N) is 3. The van der Waals surface area contributed by atoms with Gasteiger partial charge in [-0.1, -0.05) is 29.3 Å². The van der Waals surface area contributed by atoms with Gasteiger partial charge in [0.15, 0.2) is 0 Å². The highest BCUT2D eigenvalue weighted by Crippen LogP contribution is 2.13. The van der Waals surface area contributed by atoms with Crippen molar-refractivity contribution in [1.29, 1.82) is 0 Å². The van der Waals surface area contributed by atoms with Crippen LogP contribution in [-0.2, 0) is 0 Å². The third-order valence-corrected chi connectivity index (χ3v) is 2.99. The number of anilines is 1. The molecule has 3 nitrogen and oxygen atoms in total. The average molecular weight is 286 g/mol. The number of hydrogen-bond acceptors (Lipinski definition) is 3. The lowest BCUT2D eigenvalue weighted by Gasteiger charge is -2.22. The van der Waals surface area contributed by atoms with Crippen molar-refractivity contribution < 1.29 is 0 Å². The third kappa shape index (κ3) is 3.74. The molecule has 0 saturated carbocycles. The Hall–Kier alpha value is -0.640. The number of rotatable bonds is 6. The fourth-order valence-corrected chi connectivity index (χ4v) is 1.90. The van der Waals surface area contributed by atoms with E-state index in [0.29, 0.717) is 0 Å². The summed E-state index contributed by atoms with van der Waals surface area (Å²) < 4.78 is 0. The van der Waals surface area contributed by atoms with Crippen molar-refractivity contribution in [1.82, 2.24) is 9.97 Å². The summed E-state index contributed by atoms with van der Waals surface area (Å²) in [7, 11) is 0. The lowest BCUT2D eigenvalue weighted by molar-refractivity contribution is 0.723. The van der Waals surface area contributed by atoms with E-state index in [1.54, 1.807) is 0 Å². The van der Waals surface area contributed by atoms with Crippen LogP contribution in [0.15, 0.2) is 6.20 Å². The molecule has 1 rings (SSSR count). The summed E-state index contributed by atoms with van der Waals surface area (Å²) in [6.07, 6.45) is 4.28. The molecule has 0 unspecified atom stereocenters.